The van der Waals surface area contributed by atoms with Gasteiger partial charge in [0.2, 0.25) is 0 Å². The zero-order valence-electron chi connectivity index (χ0n) is 24.3. The first-order chi connectivity index (χ1) is 19.0. The van der Waals surface area contributed by atoms with Crippen molar-refractivity contribution < 1.29 is 0 Å². The number of allylic oxidation sites excluding steroid dienone is 9. The number of hydrogen-bond acceptors (Lipinski definition) is 0. The highest BCUT2D eigenvalue weighted by Gasteiger charge is 2.14. The Morgan fingerprint density at radius 2 is 1.72 bits per heavy atom. The third-order valence-electron chi connectivity index (χ3n) is 7.99. The first kappa shape index (κ1) is 28.4. The summed E-state index contributed by atoms with van der Waals surface area (Å²) in [5.74, 6) is 0.422. The van der Waals surface area contributed by atoms with E-state index in [0.29, 0.717) is 5.92 Å². The summed E-state index contributed by atoms with van der Waals surface area (Å²) in [5, 5.41) is 0. The van der Waals surface area contributed by atoms with Crippen LogP contribution in [0.1, 0.15) is 80.2 Å². The van der Waals surface area contributed by atoms with Crippen LogP contribution >= 0.6 is 0 Å². The van der Waals surface area contributed by atoms with Crippen LogP contribution in [-0.2, 0) is 12.8 Å². The molecule has 0 aliphatic heterocycles. The SMILES string of the molecule is C=C(/C=C\C=C/CC1=C(C)C=CCC1)c1ccccc1CC(C)c1ccc(-c2ccccc2C)c(CCC)c1. The van der Waals surface area contributed by atoms with Crippen LogP contribution in [-0.4, -0.2) is 0 Å². The molecule has 3 aromatic rings. The summed E-state index contributed by atoms with van der Waals surface area (Å²) in [6.07, 6.45) is 19.9. The van der Waals surface area contributed by atoms with E-state index in [0.717, 1.165) is 31.3 Å². The molecule has 0 saturated heterocycles. The zero-order valence-corrected chi connectivity index (χ0v) is 24.3. The Bertz CT molecular complexity index is 1410. The molecule has 200 valence electrons. The summed E-state index contributed by atoms with van der Waals surface area (Å²) >= 11 is 0. The third-order valence-corrected chi connectivity index (χ3v) is 7.99. The maximum atomic E-state index is 4.42. The molecule has 0 heterocycles. The van der Waals surface area contributed by atoms with Gasteiger partial charge in [-0.15, -0.1) is 0 Å². The maximum absolute atomic E-state index is 4.42. The van der Waals surface area contributed by atoms with Crippen molar-refractivity contribution in [1.29, 1.82) is 0 Å². The average Bonchev–Trinajstić information content (AvgIpc) is 2.94. The molecule has 1 unspecified atom stereocenters. The first-order valence-electron chi connectivity index (χ1n) is 14.6. The van der Waals surface area contributed by atoms with Gasteiger partial charge in [-0.25, -0.2) is 0 Å². The minimum absolute atomic E-state index is 0.422. The molecule has 0 bridgehead atoms. The number of benzene rings is 3. The second-order valence-corrected chi connectivity index (χ2v) is 11.0. The molecule has 0 amide bonds. The predicted molar refractivity (Wildman–Crippen MR) is 172 cm³/mol. The van der Waals surface area contributed by atoms with Gasteiger partial charge in [0, 0.05) is 0 Å². The Balaban J connectivity index is 1.47. The number of hydrogen-bond donors (Lipinski definition) is 0. The van der Waals surface area contributed by atoms with Gasteiger partial charge < -0.3 is 0 Å². The summed E-state index contributed by atoms with van der Waals surface area (Å²) in [6, 6.07) is 24.6. The second kappa shape index (κ2) is 13.9. The van der Waals surface area contributed by atoms with Crippen molar-refractivity contribution in [3.05, 3.63) is 149 Å². The summed E-state index contributed by atoms with van der Waals surface area (Å²) < 4.78 is 0. The van der Waals surface area contributed by atoms with Crippen LogP contribution in [0, 0.1) is 6.92 Å². The van der Waals surface area contributed by atoms with Crippen molar-refractivity contribution in [1.82, 2.24) is 0 Å². The molecule has 0 radical (unpaired) electrons. The largest absolute Gasteiger partial charge is 0.0911 e. The van der Waals surface area contributed by atoms with E-state index in [1.165, 1.54) is 57.4 Å². The minimum Gasteiger partial charge on any atom is -0.0911 e. The van der Waals surface area contributed by atoms with Gasteiger partial charge in [0.1, 0.15) is 0 Å². The van der Waals surface area contributed by atoms with Crippen molar-refractivity contribution >= 4 is 5.57 Å². The molecule has 0 heteroatoms. The Labute approximate surface area is 237 Å². The lowest BCUT2D eigenvalue weighted by molar-refractivity contribution is 0.755. The lowest BCUT2D eigenvalue weighted by atomic mass is 9.86. The molecule has 0 spiro atoms. The fourth-order valence-electron chi connectivity index (χ4n) is 5.64. The van der Waals surface area contributed by atoms with Crippen molar-refractivity contribution in [2.24, 2.45) is 0 Å². The van der Waals surface area contributed by atoms with Gasteiger partial charge in [0.15, 0.2) is 0 Å². The van der Waals surface area contributed by atoms with Crippen molar-refractivity contribution in [2.45, 2.75) is 72.1 Å². The lowest BCUT2D eigenvalue weighted by Gasteiger charge is -2.19. The van der Waals surface area contributed by atoms with Gasteiger partial charge in [-0.2, -0.15) is 0 Å². The van der Waals surface area contributed by atoms with Crippen LogP contribution in [0.3, 0.4) is 0 Å². The van der Waals surface area contributed by atoms with E-state index in [-0.39, 0.29) is 0 Å². The molecule has 1 atom stereocenters. The molecule has 39 heavy (non-hydrogen) atoms. The quantitative estimate of drug-likeness (QED) is 0.224. The Hall–Kier alpha value is -3.64. The second-order valence-electron chi connectivity index (χ2n) is 11.0. The van der Waals surface area contributed by atoms with E-state index in [1.54, 1.807) is 5.57 Å². The van der Waals surface area contributed by atoms with Crippen LogP contribution in [0.25, 0.3) is 16.7 Å². The Morgan fingerprint density at radius 1 is 0.923 bits per heavy atom. The van der Waals surface area contributed by atoms with Crippen molar-refractivity contribution in [2.75, 3.05) is 0 Å². The molecular weight excluding hydrogens is 468 g/mol. The summed E-state index contributed by atoms with van der Waals surface area (Å²) in [6.45, 7) is 13.5. The first-order valence-corrected chi connectivity index (χ1v) is 14.6. The fourth-order valence-corrected chi connectivity index (χ4v) is 5.64. The molecule has 1 aliphatic rings. The van der Waals surface area contributed by atoms with E-state index >= 15 is 0 Å². The van der Waals surface area contributed by atoms with Gasteiger partial charge in [0.05, 0.1) is 0 Å². The van der Waals surface area contributed by atoms with E-state index in [1.807, 2.05) is 0 Å². The molecular formula is C39H44. The highest BCUT2D eigenvalue weighted by atomic mass is 14.2. The van der Waals surface area contributed by atoms with Crippen LogP contribution in [0.15, 0.2) is 121 Å². The van der Waals surface area contributed by atoms with Crippen LogP contribution in [0.2, 0.25) is 0 Å². The molecule has 3 aromatic carbocycles. The Morgan fingerprint density at radius 3 is 2.51 bits per heavy atom. The highest BCUT2D eigenvalue weighted by Crippen LogP contribution is 2.32. The zero-order chi connectivity index (χ0) is 27.6. The van der Waals surface area contributed by atoms with Gasteiger partial charge in [-0.3, -0.25) is 0 Å². The van der Waals surface area contributed by atoms with Crippen molar-refractivity contribution in [3.8, 4) is 11.1 Å². The van der Waals surface area contributed by atoms with E-state index in [9.17, 15) is 0 Å². The molecule has 0 N–H and O–H groups in total. The highest BCUT2D eigenvalue weighted by molar-refractivity contribution is 5.75. The van der Waals surface area contributed by atoms with Crippen LogP contribution in [0.4, 0.5) is 0 Å². The fraction of sp³-hybridized carbons (Fsp3) is 0.282. The van der Waals surface area contributed by atoms with Gasteiger partial charge in [0.25, 0.3) is 0 Å². The molecule has 0 fully saturated rings. The van der Waals surface area contributed by atoms with Gasteiger partial charge >= 0.3 is 0 Å². The van der Waals surface area contributed by atoms with E-state index in [2.05, 4.69) is 137 Å². The third kappa shape index (κ3) is 7.48. The average molecular weight is 513 g/mol. The minimum atomic E-state index is 0.422. The summed E-state index contributed by atoms with van der Waals surface area (Å²) in [5.41, 5.74) is 13.6. The summed E-state index contributed by atoms with van der Waals surface area (Å²) in [4.78, 5) is 0. The normalized spacial score (nSPS) is 14.5. The predicted octanol–water partition coefficient (Wildman–Crippen LogP) is 11.1. The monoisotopic (exact) mass is 512 g/mol. The molecule has 1 aliphatic carbocycles. The molecule has 4 rings (SSSR count). The summed E-state index contributed by atoms with van der Waals surface area (Å²) in [7, 11) is 0. The molecule has 0 nitrogen and oxygen atoms in total. The van der Waals surface area contributed by atoms with E-state index < -0.39 is 0 Å². The standard InChI is InChI=1S/C39H44/c1-6-16-35-28-34(25-26-39(35)38-24-14-11-19-31(38)4)32(5)27-36-22-13-15-23-37(36)30(3)18-8-7-9-20-33-21-12-10-17-29(33)2/h7-11,13-15,17-19,22-26,28,32H,3,6,12,16,20-21,27H2,1-2,4-5H3/b9-7-,18-8-. The smallest absolute Gasteiger partial charge is 0.0130 e. The van der Waals surface area contributed by atoms with Gasteiger partial charge in [-0.1, -0.05) is 141 Å². The Kier molecular flexibility index (Phi) is 10.1. The maximum Gasteiger partial charge on any atom is -0.0130 e. The number of aryl methyl sites for hydroxylation is 2. The topological polar surface area (TPSA) is 0 Å². The van der Waals surface area contributed by atoms with Crippen molar-refractivity contribution in [3.63, 3.8) is 0 Å². The molecule has 0 saturated carbocycles. The molecule has 0 aromatic heterocycles. The van der Waals surface area contributed by atoms with Gasteiger partial charge in [-0.05, 0) is 96.4 Å². The lowest BCUT2D eigenvalue weighted by Crippen LogP contribution is -2.03. The number of rotatable bonds is 11. The van der Waals surface area contributed by atoms with Crippen LogP contribution < -0.4 is 0 Å². The van der Waals surface area contributed by atoms with Crippen LogP contribution in [0.5, 0.6) is 0 Å². The van der Waals surface area contributed by atoms with E-state index in [4.69, 9.17) is 0 Å².